The first-order valence-corrected chi connectivity index (χ1v) is 5.09. The quantitative estimate of drug-likeness (QED) is 0.898. The summed E-state index contributed by atoms with van der Waals surface area (Å²) in [7, 11) is 0. The average molecular weight is 268 g/mol. The molecule has 1 aromatic heterocycles. The van der Waals surface area contributed by atoms with Crippen LogP contribution in [0.4, 0.5) is 24.7 Å². The van der Waals surface area contributed by atoms with Crippen molar-refractivity contribution >= 4 is 17.5 Å². The summed E-state index contributed by atoms with van der Waals surface area (Å²) in [5.74, 6) is -5.45. The van der Waals surface area contributed by atoms with E-state index in [1.807, 2.05) is 0 Å². The van der Waals surface area contributed by atoms with Crippen LogP contribution in [0.3, 0.4) is 0 Å². The predicted octanol–water partition coefficient (Wildman–Crippen LogP) is 2.94. The molecule has 1 heterocycles. The summed E-state index contributed by atoms with van der Waals surface area (Å²) in [6.07, 6.45) is 1.05. The fourth-order valence-corrected chi connectivity index (χ4v) is 1.42. The van der Waals surface area contributed by atoms with Crippen LogP contribution in [0.1, 0.15) is 10.4 Å². The number of halogens is 3. The van der Waals surface area contributed by atoms with Gasteiger partial charge < -0.3 is 10.4 Å². The SMILES string of the molecule is O=C(O)c1ccnc(Nc2cccc(F)c2F)c1F. The van der Waals surface area contributed by atoms with Gasteiger partial charge in [-0.2, -0.15) is 0 Å². The van der Waals surface area contributed by atoms with Gasteiger partial charge >= 0.3 is 5.97 Å². The zero-order chi connectivity index (χ0) is 14.0. The van der Waals surface area contributed by atoms with Gasteiger partial charge in [-0.25, -0.2) is 22.9 Å². The van der Waals surface area contributed by atoms with Gasteiger partial charge in [0.25, 0.3) is 0 Å². The molecule has 0 spiro atoms. The molecular formula is C12H7F3N2O2. The molecule has 4 nitrogen and oxygen atoms in total. The summed E-state index contributed by atoms with van der Waals surface area (Å²) >= 11 is 0. The zero-order valence-electron chi connectivity index (χ0n) is 9.32. The summed E-state index contributed by atoms with van der Waals surface area (Å²) in [4.78, 5) is 14.3. The van der Waals surface area contributed by atoms with E-state index in [1.54, 1.807) is 0 Å². The molecule has 0 fully saturated rings. The number of pyridine rings is 1. The first kappa shape index (κ1) is 12.9. The van der Waals surface area contributed by atoms with Crippen molar-refractivity contribution in [2.45, 2.75) is 0 Å². The Labute approximate surface area is 105 Å². The van der Waals surface area contributed by atoms with Crippen molar-refractivity contribution in [3.05, 3.63) is 53.5 Å². The molecule has 0 aliphatic carbocycles. The number of nitrogens with one attached hydrogen (secondary N) is 1. The van der Waals surface area contributed by atoms with Gasteiger partial charge in [-0.3, -0.25) is 0 Å². The number of anilines is 2. The predicted molar refractivity (Wildman–Crippen MR) is 60.8 cm³/mol. The molecule has 2 rings (SSSR count). The Bertz CT molecular complexity index is 647. The number of carbonyl (C=O) groups is 1. The Kier molecular flexibility index (Phi) is 3.37. The zero-order valence-corrected chi connectivity index (χ0v) is 9.32. The van der Waals surface area contributed by atoms with Gasteiger partial charge in [-0.05, 0) is 18.2 Å². The molecule has 0 radical (unpaired) electrons. The van der Waals surface area contributed by atoms with E-state index in [9.17, 15) is 18.0 Å². The van der Waals surface area contributed by atoms with E-state index in [0.717, 1.165) is 18.3 Å². The van der Waals surface area contributed by atoms with Crippen molar-refractivity contribution in [1.29, 1.82) is 0 Å². The lowest BCUT2D eigenvalue weighted by Gasteiger charge is -2.09. The van der Waals surface area contributed by atoms with Gasteiger partial charge in [0.1, 0.15) is 5.56 Å². The second-order valence-corrected chi connectivity index (χ2v) is 3.55. The Morgan fingerprint density at radius 3 is 2.58 bits per heavy atom. The number of aromatic carboxylic acids is 1. The van der Waals surface area contributed by atoms with E-state index in [2.05, 4.69) is 10.3 Å². The topological polar surface area (TPSA) is 62.2 Å². The van der Waals surface area contributed by atoms with E-state index < -0.39 is 34.8 Å². The molecule has 0 aliphatic heterocycles. The molecule has 0 saturated heterocycles. The molecule has 0 saturated carbocycles. The van der Waals surface area contributed by atoms with Crippen molar-refractivity contribution in [1.82, 2.24) is 4.98 Å². The van der Waals surface area contributed by atoms with E-state index in [1.165, 1.54) is 12.1 Å². The van der Waals surface area contributed by atoms with Crippen molar-refractivity contribution < 1.29 is 23.1 Å². The maximum Gasteiger partial charge on any atom is 0.338 e. The molecule has 98 valence electrons. The monoisotopic (exact) mass is 268 g/mol. The fraction of sp³-hybridized carbons (Fsp3) is 0. The molecule has 0 bridgehead atoms. The normalized spacial score (nSPS) is 10.3. The second-order valence-electron chi connectivity index (χ2n) is 3.55. The largest absolute Gasteiger partial charge is 0.478 e. The minimum atomic E-state index is -1.48. The summed E-state index contributed by atoms with van der Waals surface area (Å²) in [5, 5.41) is 10.9. The van der Waals surface area contributed by atoms with Crippen LogP contribution in [0.5, 0.6) is 0 Å². The van der Waals surface area contributed by atoms with Crippen LogP contribution in [0.2, 0.25) is 0 Å². The summed E-state index contributed by atoms with van der Waals surface area (Å²) in [6, 6.07) is 4.26. The lowest BCUT2D eigenvalue weighted by atomic mass is 10.2. The number of carboxylic acid groups (broad SMARTS) is 1. The highest BCUT2D eigenvalue weighted by molar-refractivity contribution is 5.89. The average Bonchev–Trinajstić information content (AvgIpc) is 2.37. The van der Waals surface area contributed by atoms with Gasteiger partial charge in [0.2, 0.25) is 0 Å². The standard InChI is InChI=1S/C12H7F3N2O2/c13-7-2-1-3-8(10(7)15)17-11-9(14)6(12(18)19)4-5-16-11/h1-5H,(H,16,17)(H,18,19). The summed E-state index contributed by atoms with van der Waals surface area (Å²) < 4.78 is 40.1. The van der Waals surface area contributed by atoms with Crippen LogP contribution in [0.15, 0.2) is 30.5 Å². The van der Waals surface area contributed by atoms with Crippen LogP contribution in [-0.4, -0.2) is 16.1 Å². The minimum Gasteiger partial charge on any atom is -0.478 e. The molecule has 0 unspecified atom stereocenters. The Hall–Kier alpha value is -2.57. The third-order valence-corrected chi connectivity index (χ3v) is 2.32. The number of benzene rings is 1. The molecule has 1 aromatic carbocycles. The molecular weight excluding hydrogens is 261 g/mol. The lowest BCUT2D eigenvalue weighted by Crippen LogP contribution is -2.06. The maximum atomic E-state index is 13.7. The highest BCUT2D eigenvalue weighted by atomic mass is 19.2. The fourth-order valence-electron chi connectivity index (χ4n) is 1.42. The van der Waals surface area contributed by atoms with Crippen LogP contribution in [0.25, 0.3) is 0 Å². The van der Waals surface area contributed by atoms with Gasteiger partial charge in [-0.15, -0.1) is 0 Å². The number of aromatic nitrogens is 1. The number of hydrogen-bond acceptors (Lipinski definition) is 3. The first-order valence-electron chi connectivity index (χ1n) is 5.09. The summed E-state index contributed by atoms with van der Waals surface area (Å²) in [5.41, 5.74) is -0.955. The third-order valence-electron chi connectivity index (χ3n) is 2.32. The van der Waals surface area contributed by atoms with E-state index >= 15 is 0 Å². The van der Waals surface area contributed by atoms with Gasteiger partial charge in [0.15, 0.2) is 23.3 Å². The van der Waals surface area contributed by atoms with Crippen molar-refractivity contribution in [2.24, 2.45) is 0 Å². The molecule has 2 N–H and O–H groups in total. The maximum absolute atomic E-state index is 13.7. The van der Waals surface area contributed by atoms with Gasteiger partial charge in [0.05, 0.1) is 5.69 Å². The van der Waals surface area contributed by atoms with Gasteiger partial charge in [0, 0.05) is 6.20 Å². The second kappa shape index (κ2) is 4.97. The van der Waals surface area contributed by atoms with Gasteiger partial charge in [-0.1, -0.05) is 6.07 Å². The van der Waals surface area contributed by atoms with Crippen molar-refractivity contribution in [2.75, 3.05) is 5.32 Å². The first-order chi connectivity index (χ1) is 9.00. The summed E-state index contributed by atoms with van der Waals surface area (Å²) in [6.45, 7) is 0. The van der Waals surface area contributed by atoms with Crippen LogP contribution < -0.4 is 5.32 Å². The third kappa shape index (κ3) is 2.49. The molecule has 19 heavy (non-hydrogen) atoms. The molecule has 2 aromatic rings. The Balaban J connectivity index is 2.42. The highest BCUT2D eigenvalue weighted by Gasteiger charge is 2.16. The van der Waals surface area contributed by atoms with E-state index in [0.29, 0.717) is 0 Å². The van der Waals surface area contributed by atoms with Crippen LogP contribution >= 0.6 is 0 Å². The molecule has 0 aliphatic rings. The van der Waals surface area contributed by atoms with Crippen molar-refractivity contribution in [3.63, 3.8) is 0 Å². The Morgan fingerprint density at radius 2 is 1.89 bits per heavy atom. The molecule has 0 atom stereocenters. The van der Waals surface area contributed by atoms with E-state index in [4.69, 9.17) is 5.11 Å². The van der Waals surface area contributed by atoms with E-state index in [-0.39, 0.29) is 5.69 Å². The number of rotatable bonds is 3. The van der Waals surface area contributed by atoms with Crippen LogP contribution in [-0.2, 0) is 0 Å². The number of carboxylic acids is 1. The Morgan fingerprint density at radius 1 is 1.16 bits per heavy atom. The molecule has 7 heteroatoms. The lowest BCUT2D eigenvalue weighted by molar-refractivity contribution is 0.0692. The molecule has 0 amide bonds. The smallest absolute Gasteiger partial charge is 0.338 e. The number of nitrogens with zero attached hydrogens (tertiary/aromatic N) is 1. The highest BCUT2D eigenvalue weighted by Crippen LogP contribution is 2.23. The van der Waals surface area contributed by atoms with Crippen molar-refractivity contribution in [3.8, 4) is 0 Å². The minimum absolute atomic E-state index is 0.339. The van der Waals surface area contributed by atoms with Crippen LogP contribution in [0, 0.1) is 17.5 Å². The number of hydrogen-bond donors (Lipinski definition) is 2.